The van der Waals surface area contributed by atoms with E-state index in [4.69, 9.17) is 0 Å². The number of hydrogen-bond donors (Lipinski definition) is 0. The molecule has 2 aliphatic carbocycles. The van der Waals surface area contributed by atoms with Crippen LogP contribution in [0.2, 0.25) is 0 Å². The molecule has 6 aromatic carbocycles. The molecule has 8 rings (SSSR count). The van der Waals surface area contributed by atoms with E-state index in [1.807, 2.05) is 0 Å². The van der Waals surface area contributed by atoms with Crippen molar-refractivity contribution < 1.29 is 0 Å². The highest BCUT2D eigenvalue weighted by Gasteiger charge is 2.39. The van der Waals surface area contributed by atoms with Crippen molar-refractivity contribution in [2.24, 2.45) is 0 Å². The van der Waals surface area contributed by atoms with E-state index in [9.17, 15) is 0 Å². The van der Waals surface area contributed by atoms with Crippen LogP contribution in [-0.2, 0) is 5.41 Å². The van der Waals surface area contributed by atoms with Gasteiger partial charge in [0.25, 0.3) is 0 Å². The quantitative estimate of drug-likeness (QED) is 0.222. The summed E-state index contributed by atoms with van der Waals surface area (Å²) >= 11 is 0. The maximum Gasteiger partial charge on any atom is 0.0352 e. The van der Waals surface area contributed by atoms with E-state index in [-0.39, 0.29) is 11.3 Å². The van der Waals surface area contributed by atoms with Crippen LogP contribution in [-0.4, -0.2) is 0 Å². The Morgan fingerprint density at radius 3 is 1.65 bits per heavy atom. The van der Waals surface area contributed by atoms with Gasteiger partial charge in [-0.3, -0.25) is 0 Å². The predicted molar refractivity (Wildman–Crippen MR) is 168 cm³/mol. The van der Waals surface area contributed by atoms with Crippen LogP contribution in [0.4, 0.5) is 0 Å². The first-order valence-corrected chi connectivity index (χ1v) is 14.2. The number of benzene rings is 6. The minimum atomic E-state index is -0.0122. The summed E-state index contributed by atoms with van der Waals surface area (Å²) in [6.45, 7) is 4.75. The summed E-state index contributed by atoms with van der Waals surface area (Å²) in [5.41, 5.74) is 17.5. The SMILES string of the molecule is CC1(C)c2ccccc2-c2cc3c(cc21)-c1ccccc1C3c1cc(-c2ccccc2)cc(-c2ccccc2)c1. The van der Waals surface area contributed by atoms with Crippen LogP contribution in [0.3, 0.4) is 0 Å². The first kappa shape index (κ1) is 23.2. The van der Waals surface area contributed by atoms with Crippen LogP contribution < -0.4 is 0 Å². The van der Waals surface area contributed by atoms with E-state index in [0.29, 0.717) is 0 Å². The van der Waals surface area contributed by atoms with Gasteiger partial charge in [0.2, 0.25) is 0 Å². The van der Waals surface area contributed by atoms with Crippen molar-refractivity contribution in [1.82, 2.24) is 0 Å². The summed E-state index contributed by atoms with van der Waals surface area (Å²) in [4.78, 5) is 0. The second kappa shape index (κ2) is 8.66. The van der Waals surface area contributed by atoms with Crippen molar-refractivity contribution in [3.8, 4) is 44.5 Å². The molecular weight excluding hydrogens is 480 g/mol. The Kier molecular flexibility index (Phi) is 5.03. The molecule has 0 bridgehead atoms. The van der Waals surface area contributed by atoms with Crippen molar-refractivity contribution in [1.29, 1.82) is 0 Å². The zero-order valence-electron chi connectivity index (χ0n) is 22.9. The summed E-state index contributed by atoms with van der Waals surface area (Å²) in [6, 6.07) is 51.8. The Morgan fingerprint density at radius 1 is 0.400 bits per heavy atom. The molecule has 0 fully saturated rings. The van der Waals surface area contributed by atoms with E-state index in [0.717, 1.165) is 0 Å². The van der Waals surface area contributed by atoms with Crippen LogP contribution in [0.1, 0.15) is 47.6 Å². The number of rotatable bonds is 3. The highest BCUT2D eigenvalue weighted by molar-refractivity contribution is 5.90. The van der Waals surface area contributed by atoms with E-state index < -0.39 is 0 Å². The highest BCUT2D eigenvalue weighted by atomic mass is 14.4. The van der Waals surface area contributed by atoms with Gasteiger partial charge >= 0.3 is 0 Å². The maximum atomic E-state index is 2.51. The van der Waals surface area contributed by atoms with Crippen molar-refractivity contribution in [2.45, 2.75) is 25.2 Å². The normalized spacial score (nSPS) is 15.7. The summed E-state index contributed by atoms with van der Waals surface area (Å²) < 4.78 is 0. The van der Waals surface area contributed by atoms with Crippen LogP contribution in [0.15, 0.2) is 140 Å². The summed E-state index contributed by atoms with van der Waals surface area (Å²) in [6.07, 6.45) is 0. The molecule has 0 nitrogen and oxygen atoms in total. The van der Waals surface area contributed by atoms with Crippen LogP contribution in [0.5, 0.6) is 0 Å². The lowest BCUT2D eigenvalue weighted by molar-refractivity contribution is 0.660. The fourth-order valence-electron chi connectivity index (χ4n) is 7.17. The van der Waals surface area contributed by atoms with Gasteiger partial charge in [-0.15, -0.1) is 0 Å². The summed E-state index contributed by atoms with van der Waals surface area (Å²) in [5, 5.41) is 0. The van der Waals surface area contributed by atoms with Gasteiger partial charge in [0.15, 0.2) is 0 Å². The Morgan fingerprint density at radius 2 is 0.975 bits per heavy atom. The molecule has 0 heteroatoms. The Balaban J connectivity index is 1.39. The molecule has 0 amide bonds. The van der Waals surface area contributed by atoms with Gasteiger partial charge in [-0.05, 0) is 90.5 Å². The Hall–Kier alpha value is -4.68. The van der Waals surface area contributed by atoms with Gasteiger partial charge in [-0.1, -0.05) is 135 Å². The second-order valence-electron chi connectivity index (χ2n) is 11.8. The van der Waals surface area contributed by atoms with Crippen LogP contribution in [0.25, 0.3) is 44.5 Å². The minimum absolute atomic E-state index is 0.0122. The summed E-state index contributed by atoms with van der Waals surface area (Å²) in [7, 11) is 0. The van der Waals surface area contributed by atoms with Crippen molar-refractivity contribution >= 4 is 0 Å². The van der Waals surface area contributed by atoms with E-state index in [2.05, 4.69) is 153 Å². The molecule has 0 spiro atoms. The molecule has 1 unspecified atom stereocenters. The third-order valence-electron chi connectivity index (χ3n) is 9.13. The molecule has 0 heterocycles. The van der Waals surface area contributed by atoms with Crippen LogP contribution >= 0.6 is 0 Å². The Bertz CT molecular complexity index is 1850. The van der Waals surface area contributed by atoms with Gasteiger partial charge in [0.1, 0.15) is 0 Å². The van der Waals surface area contributed by atoms with Crippen molar-refractivity contribution in [3.05, 3.63) is 167 Å². The monoisotopic (exact) mass is 510 g/mol. The zero-order valence-corrected chi connectivity index (χ0v) is 22.9. The average molecular weight is 511 g/mol. The molecule has 190 valence electrons. The molecule has 2 aliphatic rings. The van der Waals surface area contributed by atoms with Gasteiger partial charge in [0, 0.05) is 11.3 Å². The fourth-order valence-corrected chi connectivity index (χ4v) is 7.17. The zero-order chi connectivity index (χ0) is 26.8. The molecule has 0 aliphatic heterocycles. The highest BCUT2D eigenvalue weighted by Crippen LogP contribution is 2.55. The standard InChI is InChI=1S/C40H30/c1-40(2)37-20-12-11-18-32(37)35-24-36-34(25-38(35)40)31-17-9-10-19-33(31)39(36)30-22-28(26-13-5-3-6-14-26)21-29(23-30)27-15-7-4-8-16-27/h3-25,39H,1-2H3. The molecule has 40 heavy (non-hydrogen) atoms. The maximum absolute atomic E-state index is 2.51. The van der Waals surface area contributed by atoms with Crippen molar-refractivity contribution in [3.63, 3.8) is 0 Å². The molecule has 0 aromatic heterocycles. The molecule has 6 aromatic rings. The van der Waals surface area contributed by atoms with E-state index in [1.165, 1.54) is 72.3 Å². The lowest BCUT2D eigenvalue weighted by atomic mass is 9.80. The van der Waals surface area contributed by atoms with E-state index >= 15 is 0 Å². The smallest absolute Gasteiger partial charge is 0.0352 e. The molecule has 1 atom stereocenters. The van der Waals surface area contributed by atoms with Gasteiger partial charge < -0.3 is 0 Å². The van der Waals surface area contributed by atoms with Crippen LogP contribution in [0, 0.1) is 0 Å². The topological polar surface area (TPSA) is 0 Å². The fraction of sp³-hybridized carbons (Fsp3) is 0.100. The average Bonchev–Trinajstić information content (AvgIpc) is 3.45. The minimum Gasteiger partial charge on any atom is -0.0622 e. The third kappa shape index (κ3) is 3.39. The molecule has 0 N–H and O–H groups in total. The number of hydrogen-bond acceptors (Lipinski definition) is 0. The van der Waals surface area contributed by atoms with Gasteiger partial charge in [-0.2, -0.15) is 0 Å². The van der Waals surface area contributed by atoms with Gasteiger partial charge in [-0.25, -0.2) is 0 Å². The number of fused-ring (bicyclic) bond motifs is 6. The largest absolute Gasteiger partial charge is 0.0622 e. The molecule has 0 radical (unpaired) electrons. The molecule has 0 saturated carbocycles. The van der Waals surface area contributed by atoms with Crippen molar-refractivity contribution in [2.75, 3.05) is 0 Å². The second-order valence-corrected chi connectivity index (χ2v) is 11.8. The first-order valence-electron chi connectivity index (χ1n) is 14.2. The van der Waals surface area contributed by atoms with E-state index in [1.54, 1.807) is 0 Å². The summed E-state index contributed by atoms with van der Waals surface area (Å²) in [5.74, 6) is 0.179. The lowest BCUT2D eigenvalue weighted by Crippen LogP contribution is -2.15. The molecule has 0 saturated heterocycles. The van der Waals surface area contributed by atoms with Gasteiger partial charge in [0.05, 0.1) is 0 Å². The lowest BCUT2D eigenvalue weighted by Gasteiger charge is -2.22. The molecular formula is C40H30. The first-order chi connectivity index (χ1) is 19.6. The Labute approximate surface area is 236 Å². The predicted octanol–water partition coefficient (Wildman–Crippen LogP) is 10.5. The third-order valence-corrected chi connectivity index (χ3v) is 9.13.